The van der Waals surface area contributed by atoms with Crippen LogP contribution in [-0.2, 0) is 23.7 Å². The summed E-state index contributed by atoms with van der Waals surface area (Å²) < 4.78 is 21.7. The molecule has 6 atom stereocenters. The molecule has 4 heterocycles. The standard InChI is InChI=1S/C11H14O5/c12-10-8-6-1-2-7(15-6)9(8)11(16-10)14-4-5-3-13-5/h5-9,11H,1-4H2/t5-,6+,7-,8+,9-,11+/m0/s1. The topological polar surface area (TPSA) is 57.3 Å². The lowest BCUT2D eigenvalue weighted by atomic mass is 9.81. The second-order valence-electron chi connectivity index (χ2n) is 4.99. The van der Waals surface area contributed by atoms with Crippen LogP contribution in [0.2, 0.25) is 0 Å². The van der Waals surface area contributed by atoms with Crippen molar-refractivity contribution in [2.75, 3.05) is 13.2 Å². The highest BCUT2D eigenvalue weighted by atomic mass is 16.7. The third-order valence-electron chi connectivity index (χ3n) is 4.00. The minimum absolute atomic E-state index is 0.0771. The predicted molar refractivity (Wildman–Crippen MR) is 50.4 cm³/mol. The molecule has 0 aromatic rings. The van der Waals surface area contributed by atoms with Crippen LogP contribution in [0.5, 0.6) is 0 Å². The number of rotatable bonds is 3. The zero-order chi connectivity index (χ0) is 10.7. The molecule has 0 radical (unpaired) electrons. The van der Waals surface area contributed by atoms with Crippen molar-refractivity contribution in [1.29, 1.82) is 0 Å². The van der Waals surface area contributed by atoms with Gasteiger partial charge < -0.3 is 18.9 Å². The maximum absolute atomic E-state index is 11.7. The molecule has 0 N–H and O–H groups in total. The lowest BCUT2D eigenvalue weighted by Gasteiger charge is -2.21. The van der Waals surface area contributed by atoms with Gasteiger partial charge in [-0.05, 0) is 12.8 Å². The minimum Gasteiger partial charge on any atom is -0.435 e. The molecule has 0 aromatic carbocycles. The van der Waals surface area contributed by atoms with Crippen LogP contribution in [-0.4, -0.2) is 43.8 Å². The first-order valence-electron chi connectivity index (χ1n) is 5.92. The summed E-state index contributed by atoms with van der Waals surface area (Å²) in [5, 5.41) is 0. The Morgan fingerprint density at radius 2 is 2.12 bits per heavy atom. The quantitative estimate of drug-likeness (QED) is 0.504. The molecule has 5 nitrogen and oxygen atoms in total. The van der Waals surface area contributed by atoms with E-state index in [-0.39, 0.29) is 36.1 Å². The summed E-state index contributed by atoms with van der Waals surface area (Å²) in [7, 11) is 0. The fourth-order valence-corrected chi connectivity index (χ4v) is 3.15. The van der Waals surface area contributed by atoms with E-state index in [9.17, 15) is 4.79 Å². The number of epoxide rings is 1. The third-order valence-corrected chi connectivity index (χ3v) is 4.00. The van der Waals surface area contributed by atoms with Crippen molar-refractivity contribution in [3.05, 3.63) is 0 Å². The van der Waals surface area contributed by atoms with Gasteiger partial charge >= 0.3 is 5.97 Å². The molecular formula is C11H14O5. The molecule has 4 aliphatic rings. The van der Waals surface area contributed by atoms with Crippen molar-refractivity contribution < 1.29 is 23.7 Å². The molecule has 4 rings (SSSR count). The molecule has 0 aromatic heterocycles. The zero-order valence-electron chi connectivity index (χ0n) is 8.83. The molecule has 0 amide bonds. The highest BCUT2D eigenvalue weighted by Gasteiger charge is 2.61. The van der Waals surface area contributed by atoms with Gasteiger partial charge in [-0.3, -0.25) is 4.79 Å². The summed E-state index contributed by atoms with van der Waals surface area (Å²) in [6, 6.07) is 0. The predicted octanol–water partition coefficient (Wildman–Crippen LogP) is 0.0783. The molecule has 16 heavy (non-hydrogen) atoms. The first kappa shape index (κ1) is 9.39. The lowest BCUT2D eigenvalue weighted by molar-refractivity contribution is -0.175. The van der Waals surface area contributed by atoms with Crippen LogP contribution < -0.4 is 0 Å². The lowest BCUT2D eigenvalue weighted by Crippen LogP contribution is -2.33. The van der Waals surface area contributed by atoms with Crippen LogP contribution in [0.15, 0.2) is 0 Å². The monoisotopic (exact) mass is 226 g/mol. The van der Waals surface area contributed by atoms with Gasteiger partial charge in [0.25, 0.3) is 0 Å². The fourth-order valence-electron chi connectivity index (χ4n) is 3.15. The highest BCUT2D eigenvalue weighted by Crippen LogP contribution is 2.50. The van der Waals surface area contributed by atoms with Crippen molar-refractivity contribution >= 4 is 5.97 Å². The Morgan fingerprint density at radius 3 is 2.94 bits per heavy atom. The van der Waals surface area contributed by atoms with Crippen LogP contribution in [0.4, 0.5) is 0 Å². The Hall–Kier alpha value is -0.650. The number of hydrogen-bond donors (Lipinski definition) is 0. The summed E-state index contributed by atoms with van der Waals surface area (Å²) >= 11 is 0. The molecule has 0 unspecified atom stereocenters. The number of carbonyl (C=O) groups is 1. The first-order valence-corrected chi connectivity index (χ1v) is 5.92. The minimum atomic E-state index is -0.406. The van der Waals surface area contributed by atoms with E-state index < -0.39 is 6.29 Å². The van der Waals surface area contributed by atoms with Crippen molar-refractivity contribution in [3.63, 3.8) is 0 Å². The van der Waals surface area contributed by atoms with Gasteiger partial charge in [-0.15, -0.1) is 0 Å². The van der Waals surface area contributed by atoms with Crippen molar-refractivity contribution in [3.8, 4) is 0 Å². The maximum Gasteiger partial charge on any atom is 0.314 e. The third kappa shape index (κ3) is 1.25. The van der Waals surface area contributed by atoms with E-state index in [1.165, 1.54) is 0 Å². The van der Waals surface area contributed by atoms with E-state index >= 15 is 0 Å². The Balaban J connectivity index is 1.49. The fraction of sp³-hybridized carbons (Fsp3) is 0.909. The van der Waals surface area contributed by atoms with Gasteiger partial charge in [0.2, 0.25) is 6.29 Å². The van der Waals surface area contributed by atoms with Gasteiger partial charge in [-0.2, -0.15) is 0 Å². The van der Waals surface area contributed by atoms with Crippen LogP contribution in [0.1, 0.15) is 12.8 Å². The Morgan fingerprint density at radius 1 is 1.31 bits per heavy atom. The number of hydrogen-bond acceptors (Lipinski definition) is 5. The van der Waals surface area contributed by atoms with Crippen LogP contribution >= 0.6 is 0 Å². The largest absolute Gasteiger partial charge is 0.435 e. The second-order valence-corrected chi connectivity index (χ2v) is 4.99. The van der Waals surface area contributed by atoms with Gasteiger partial charge in [0, 0.05) is 0 Å². The molecule has 4 saturated heterocycles. The van der Waals surface area contributed by atoms with E-state index in [0.29, 0.717) is 6.61 Å². The van der Waals surface area contributed by atoms with Crippen LogP contribution in [0.3, 0.4) is 0 Å². The smallest absolute Gasteiger partial charge is 0.314 e. The van der Waals surface area contributed by atoms with E-state index in [1.54, 1.807) is 0 Å². The summed E-state index contributed by atoms with van der Waals surface area (Å²) in [5.41, 5.74) is 0. The molecule has 4 aliphatic heterocycles. The molecule has 0 aliphatic carbocycles. The molecule has 0 spiro atoms. The zero-order valence-corrected chi connectivity index (χ0v) is 8.83. The summed E-state index contributed by atoms with van der Waals surface area (Å²) in [4.78, 5) is 11.7. The van der Waals surface area contributed by atoms with E-state index in [1.807, 2.05) is 0 Å². The Labute approximate surface area is 93.0 Å². The second kappa shape index (κ2) is 3.18. The van der Waals surface area contributed by atoms with Gasteiger partial charge in [0.05, 0.1) is 37.3 Å². The Bertz CT molecular complexity index is 326. The van der Waals surface area contributed by atoms with Crippen LogP contribution in [0, 0.1) is 11.8 Å². The molecule has 4 fully saturated rings. The van der Waals surface area contributed by atoms with Gasteiger partial charge in [-0.1, -0.05) is 0 Å². The molecule has 5 heteroatoms. The molecule has 2 bridgehead atoms. The number of fused-ring (bicyclic) bond motifs is 5. The summed E-state index contributed by atoms with van der Waals surface area (Å²) in [6.07, 6.45) is 2.05. The van der Waals surface area contributed by atoms with Gasteiger partial charge in [-0.25, -0.2) is 0 Å². The highest BCUT2D eigenvalue weighted by molar-refractivity contribution is 5.76. The number of esters is 1. The summed E-state index contributed by atoms with van der Waals surface area (Å²) in [5.74, 6) is -0.104. The molecular weight excluding hydrogens is 212 g/mol. The van der Waals surface area contributed by atoms with Crippen molar-refractivity contribution in [2.45, 2.75) is 37.4 Å². The van der Waals surface area contributed by atoms with E-state index in [0.717, 1.165) is 19.4 Å². The maximum atomic E-state index is 11.7. The number of cyclic esters (lactones) is 1. The van der Waals surface area contributed by atoms with Crippen molar-refractivity contribution in [2.24, 2.45) is 11.8 Å². The number of carbonyl (C=O) groups excluding carboxylic acids is 1. The SMILES string of the molecule is O=C1O[C@@H](OC[C@@H]2CO2)[C@@H]2[C@H]1[C@H]1CC[C@@H]2O1. The van der Waals surface area contributed by atoms with E-state index in [4.69, 9.17) is 18.9 Å². The first-order chi connectivity index (χ1) is 7.83. The van der Waals surface area contributed by atoms with Crippen molar-refractivity contribution in [1.82, 2.24) is 0 Å². The average molecular weight is 226 g/mol. The molecule has 88 valence electrons. The number of ether oxygens (including phenoxy) is 4. The van der Waals surface area contributed by atoms with Gasteiger partial charge in [0.15, 0.2) is 0 Å². The van der Waals surface area contributed by atoms with Gasteiger partial charge in [0.1, 0.15) is 6.10 Å². The average Bonchev–Trinajstić information content (AvgIpc) is 2.73. The van der Waals surface area contributed by atoms with E-state index in [2.05, 4.69) is 0 Å². The summed E-state index contributed by atoms with van der Waals surface area (Å²) in [6.45, 7) is 1.29. The molecule has 0 saturated carbocycles. The normalized spacial score (nSPS) is 52.9. The van der Waals surface area contributed by atoms with Crippen LogP contribution in [0.25, 0.3) is 0 Å². The Kier molecular flexibility index (Phi) is 1.87.